The van der Waals surface area contributed by atoms with Crippen LogP contribution in [0, 0.1) is 0 Å². The van der Waals surface area contributed by atoms with E-state index in [1.54, 1.807) is 0 Å². The van der Waals surface area contributed by atoms with Crippen LogP contribution in [0.5, 0.6) is 0 Å². The maximum Gasteiger partial charge on any atom is 0.272 e. The molecule has 1 atom stereocenters. The van der Waals surface area contributed by atoms with Crippen LogP contribution in [-0.4, -0.2) is 0 Å². The highest BCUT2D eigenvalue weighted by Crippen LogP contribution is 2.21. The lowest BCUT2D eigenvalue weighted by Crippen LogP contribution is -2.19. The third-order valence-corrected chi connectivity index (χ3v) is 3.52. The Balaban J connectivity index is 1.84. The molecule has 0 bridgehead atoms. The minimum absolute atomic E-state index is 0.243. The number of aromatic amines is 1. The molecule has 2 aromatic carbocycles. The largest absolute Gasteiger partial charge is 0.272 e. The number of hydrogen-bond donors (Lipinski definition) is 1. The standard InChI is InChI=1S/C19H18N2/c1-3-9-16(10-4-1)15-18(17-11-5-2-6-12-17)21-19-13-7-8-14-20-19/h1-14,18H,15H2,(H,20,21)/p+1/t18-/m1/s1. The van der Waals surface area contributed by atoms with Crippen molar-refractivity contribution in [2.24, 2.45) is 0 Å². The first-order valence-electron chi connectivity index (χ1n) is 7.24. The number of aromatic nitrogens is 1. The van der Waals surface area contributed by atoms with E-state index in [-0.39, 0.29) is 6.04 Å². The van der Waals surface area contributed by atoms with Gasteiger partial charge >= 0.3 is 0 Å². The van der Waals surface area contributed by atoms with Gasteiger partial charge in [-0.2, -0.15) is 0 Å². The molecule has 0 spiro atoms. The Morgan fingerprint density at radius 2 is 1.43 bits per heavy atom. The summed E-state index contributed by atoms with van der Waals surface area (Å²) in [6.07, 6.45) is 2.89. The molecule has 1 heterocycles. The third-order valence-electron chi connectivity index (χ3n) is 3.52. The van der Waals surface area contributed by atoms with Crippen LogP contribution < -0.4 is 10.3 Å². The van der Waals surface area contributed by atoms with Gasteiger partial charge in [0.25, 0.3) is 5.82 Å². The van der Waals surface area contributed by atoms with E-state index in [1.165, 1.54) is 11.1 Å². The van der Waals surface area contributed by atoms with E-state index in [2.05, 4.69) is 77.0 Å². The summed E-state index contributed by atoms with van der Waals surface area (Å²) in [5.41, 5.74) is 2.62. The highest BCUT2D eigenvalue weighted by molar-refractivity contribution is 5.35. The van der Waals surface area contributed by atoms with Gasteiger partial charge in [-0.05, 0) is 17.2 Å². The van der Waals surface area contributed by atoms with Gasteiger partial charge in [-0.3, -0.25) is 5.32 Å². The van der Waals surface area contributed by atoms with Crippen LogP contribution in [0.15, 0.2) is 85.1 Å². The van der Waals surface area contributed by atoms with Gasteiger partial charge in [0.2, 0.25) is 0 Å². The van der Waals surface area contributed by atoms with E-state index in [4.69, 9.17) is 0 Å². The molecule has 2 nitrogen and oxygen atoms in total. The Morgan fingerprint density at radius 1 is 0.762 bits per heavy atom. The highest BCUT2D eigenvalue weighted by Gasteiger charge is 2.17. The van der Waals surface area contributed by atoms with E-state index in [0.717, 1.165) is 12.2 Å². The molecule has 0 aliphatic carbocycles. The number of pyridine rings is 1. The van der Waals surface area contributed by atoms with E-state index in [9.17, 15) is 0 Å². The normalized spacial score (nSPS) is 11.8. The molecule has 0 saturated carbocycles. The zero-order valence-corrected chi connectivity index (χ0v) is 11.9. The second-order valence-corrected chi connectivity index (χ2v) is 5.07. The number of benzene rings is 2. The summed E-state index contributed by atoms with van der Waals surface area (Å²) < 4.78 is 0. The molecule has 1 aromatic heterocycles. The Morgan fingerprint density at radius 3 is 2.10 bits per heavy atom. The monoisotopic (exact) mass is 275 g/mol. The fourth-order valence-corrected chi connectivity index (χ4v) is 2.46. The van der Waals surface area contributed by atoms with Gasteiger partial charge in [0, 0.05) is 12.5 Å². The van der Waals surface area contributed by atoms with Gasteiger partial charge in [0.1, 0.15) is 6.04 Å². The summed E-state index contributed by atoms with van der Waals surface area (Å²) in [7, 11) is 0. The van der Waals surface area contributed by atoms with Gasteiger partial charge in [-0.1, -0.05) is 66.7 Å². The minimum atomic E-state index is 0.243. The Labute approximate surface area is 125 Å². The first-order chi connectivity index (χ1) is 10.4. The van der Waals surface area contributed by atoms with E-state index in [1.807, 2.05) is 18.3 Å². The summed E-state index contributed by atoms with van der Waals surface area (Å²) >= 11 is 0. The Bertz CT molecular complexity index is 609. The summed E-state index contributed by atoms with van der Waals surface area (Å²) in [6.45, 7) is 0. The minimum Gasteiger partial charge on any atom is -0.267 e. The fraction of sp³-hybridized carbons (Fsp3) is 0.105. The second-order valence-electron chi connectivity index (χ2n) is 5.07. The molecule has 3 rings (SSSR count). The zero-order valence-electron chi connectivity index (χ0n) is 11.9. The van der Waals surface area contributed by atoms with Crippen LogP contribution in [0.4, 0.5) is 5.82 Å². The lowest BCUT2D eigenvalue weighted by molar-refractivity contribution is -0.361. The summed E-state index contributed by atoms with van der Waals surface area (Å²) in [5, 5.41) is 3.59. The summed E-state index contributed by atoms with van der Waals surface area (Å²) in [4.78, 5) is 3.24. The third kappa shape index (κ3) is 3.69. The second kappa shape index (κ2) is 6.71. The molecule has 21 heavy (non-hydrogen) atoms. The van der Waals surface area contributed by atoms with Crippen LogP contribution in [0.2, 0.25) is 0 Å². The molecule has 0 saturated heterocycles. The molecule has 0 fully saturated rings. The van der Waals surface area contributed by atoms with Crippen molar-refractivity contribution >= 4 is 5.82 Å². The lowest BCUT2D eigenvalue weighted by atomic mass is 9.99. The van der Waals surface area contributed by atoms with Crippen LogP contribution in [0.3, 0.4) is 0 Å². The molecule has 104 valence electrons. The van der Waals surface area contributed by atoms with Gasteiger partial charge in [-0.15, -0.1) is 0 Å². The van der Waals surface area contributed by atoms with Crippen molar-refractivity contribution in [3.8, 4) is 0 Å². The molecule has 3 aromatic rings. The van der Waals surface area contributed by atoms with E-state index >= 15 is 0 Å². The maximum absolute atomic E-state index is 3.59. The van der Waals surface area contributed by atoms with Crippen molar-refractivity contribution in [1.82, 2.24) is 0 Å². The number of H-pyrrole nitrogens is 1. The lowest BCUT2D eigenvalue weighted by Gasteiger charge is -2.15. The molecule has 0 unspecified atom stereocenters. The van der Waals surface area contributed by atoms with Gasteiger partial charge in [-0.25, -0.2) is 4.98 Å². The molecular weight excluding hydrogens is 256 g/mol. The molecule has 0 aliphatic rings. The smallest absolute Gasteiger partial charge is 0.267 e. The number of nitrogens with one attached hydrogen (secondary N) is 2. The van der Waals surface area contributed by atoms with Crippen LogP contribution in [0.1, 0.15) is 17.2 Å². The molecule has 0 amide bonds. The highest BCUT2D eigenvalue weighted by atomic mass is 15.0. The predicted molar refractivity (Wildman–Crippen MR) is 85.9 cm³/mol. The van der Waals surface area contributed by atoms with Crippen molar-refractivity contribution in [2.75, 3.05) is 5.32 Å². The van der Waals surface area contributed by atoms with Crippen molar-refractivity contribution in [1.29, 1.82) is 0 Å². The zero-order chi connectivity index (χ0) is 14.3. The van der Waals surface area contributed by atoms with Gasteiger partial charge in [0.15, 0.2) is 0 Å². The summed E-state index contributed by atoms with van der Waals surface area (Å²) in [5.74, 6) is 1.03. The van der Waals surface area contributed by atoms with E-state index in [0.29, 0.717) is 0 Å². The molecule has 0 aliphatic heterocycles. The number of anilines is 1. The molecule has 0 radical (unpaired) electrons. The van der Waals surface area contributed by atoms with Gasteiger partial charge in [0.05, 0.1) is 6.20 Å². The maximum atomic E-state index is 3.59. The number of rotatable bonds is 5. The summed E-state index contributed by atoms with van der Waals surface area (Å²) in [6, 6.07) is 27.5. The first-order valence-corrected chi connectivity index (χ1v) is 7.24. The van der Waals surface area contributed by atoms with Crippen LogP contribution >= 0.6 is 0 Å². The number of hydrogen-bond acceptors (Lipinski definition) is 1. The van der Waals surface area contributed by atoms with Crippen molar-refractivity contribution in [3.63, 3.8) is 0 Å². The predicted octanol–water partition coefficient (Wildman–Crippen LogP) is 3.90. The quantitative estimate of drug-likeness (QED) is 0.751. The van der Waals surface area contributed by atoms with E-state index < -0.39 is 0 Å². The van der Waals surface area contributed by atoms with Crippen LogP contribution in [-0.2, 0) is 6.42 Å². The topological polar surface area (TPSA) is 26.2 Å². The molecule has 2 N–H and O–H groups in total. The van der Waals surface area contributed by atoms with Crippen LogP contribution in [0.25, 0.3) is 0 Å². The Hall–Kier alpha value is -2.61. The Kier molecular flexibility index (Phi) is 4.27. The van der Waals surface area contributed by atoms with Crippen molar-refractivity contribution in [2.45, 2.75) is 12.5 Å². The molecular formula is C19H19N2+. The van der Waals surface area contributed by atoms with Crippen molar-refractivity contribution < 1.29 is 4.98 Å². The van der Waals surface area contributed by atoms with Crippen molar-refractivity contribution in [3.05, 3.63) is 96.2 Å². The fourth-order valence-electron chi connectivity index (χ4n) is 2.46. The molecule has 2 heteroatoms. The first kappa shape index (κ1) is 13.4. The van der Waals surface area contributed by atoms with Gasteiger partial charge < -0.3 is 0 Å². The average molecular weight is 275 g/mol. The average Bonchev–Trinajstić information content (AvgIpc) is 2.57. The SMILES string of the molecule is c1ccc(C[C@@H](Nc2cccc[nH+]2)c2ccccc2)cc1.